The van der Waals surface area contributed by atoms with Crippen LogP contribution in [0.25, 0.3) is 0 Å². The number of anilines is 1. The smallest absolute Gasteiger partial charge is 0.335 e. The lowest BCUT2D eigenvalue weighted by Crippen LogP contribution is -2.27. The van der Waals surface area contributed by atoms with Gasteiger partial charge in [-0.15, -0.1) is 0 Å². The van der Waals surface area contributed by atoms with Crippen molar-refractivity contribution in [1.82, 2.24) is 0 Å². The Kier molecular flexibility index (Phi) is 5.71. The third kappa shape index (κ3) is 3.93. The Morgan fingerprint density at radius 1 is 1.19 bits per heavy atom. The molecule has 1 heterocycles. The van der Waals surface area contributed by atoms with Gasteiger partial charge in [0, 0.05) is 19.2 Å². The second-order valence-corrected chi connectivity index (χ2v) is 6.18. The number of hydrogen-bond donors (Lipinski definition) is 1. The lowest BCUT2D eigenvalue weighted by atomic mass is 9.99. The van der Waals surface area contributed by atoms with E-state index in [0.29, 0.717) is 36.4 Å². The van der Waals surface area contributed by atoms with E-state index < -0.39 is 12.3 Å². The second-order valence-electron chi connectivity index (χ2n) is 6.18. The minimum atomic E-state index is -1.16. The number of ketones is 1. The molecule has 142 valence electrons. The van der Waals surface area contributed by atoms with Crippen molar-refractivity contribution in [2.75, 3.05) is 25.3 Å². The summed E-state index contributed by atoms with van der Waals surface area (Å²) in [6, 6.07) is 10.6. The van der Waals surface area contributed by atoms with Crippen molar-refractivity contribution < 1.29 is 28.6 Å². The molecule has 1 unspecified atom stereocenters. The number of ether oxygens (including phenoxy) is 2. The molecule has 0 bridgehead atoms. The molecule has 7 heteroatoms. The summed E-state index contributed by atoms with van der Waals surface area (Å²) in [7, 11) is 1.47. The molecule has 6 nitrogen and oxygen atoms in total. The number of alkyl halides is 1. The van der Waals surface area contributed by atoms with Crippen LogP contribution in [0.5, 0.6) is 5.75 Å². The third-order valence-corrected chi connectivity index (χ3v) is 4.45. The van der Waals surface area contributed by atoms with Crippen LogP contribution in [0.1, 0.15) is 39.1 Å². The number of carbonyl (C=O) groups excluding carboxylic acids is 1. The number of aromatic carboxylic acids is 1. The van der Waals surface area contributed by atoms with Gasteiger partial charge in [0.05, 0.1) is 16.8 Å². The van der Waals surface area contributed by atoms with Crippen LogP contribution < -0.4 is 9.64 Å². The molecule has 0 amide bonds. The molecule has 1 aliphatic heterocycles. The van der Waals surface area contributed by atoms with Crippen molar-refractivity contribution in [3.63, 3.8) is 0 Å². The first-order valence-electron chi connectivity index (χ1n) is 8.56. The number of nitrogens with zero attached hydrogens (tertiary/aromatic N) is 1. The summed E-state index contributed by atoms with van der Waals surface area (Å²) in [5, 5.41) is 9.02. The number of rotatable bonds is 7. The van der Waals surface area contributed by atoms with Crippen LogP contribution in [-0.4, -0.2) is 43.6 Å². The van der Waals surface area contributed by atoms with E-state index in [9.17, 15) is 14.0 Å². The second kappa shape index (κ2) is 8.18. The maximum atomic E-state index is 14.3. The molecule has 1 aliphatic rings. The molecule has 0 aliphatic carbocycles. The fourth-order valence-electron chi connectivity index (χ4n) is 3.14. The van der Waals surface area contributed by atoms with Gasteiger partial charge in [-0.25, -0.2) is 9.18 Å². The van der Waals surface area contributed by atoms with Crippen molar-refractivity contribution in [3.8, 4) is 5.75 Å². The fourth-order valence-corrected chi connectivity index (χ4v) is 3.14. The average Bonchev–Trinajstić information content (AvgIpc) is 3.11. The molecule has 0 radical (unpaired) electrons. The van der Waals surface area contributed by atoms with Crippen LogP contribution in [0.4, 0.5) is 10.1 Å². The molecule has 1 saturated heterocycles. The highest BCUT2D eigenvalue weighted by Gasteiger charge is 2.30. The van der Waals surface area contributed by atoms with Crippen molar-refractivity contribution in [1.29, 1.82) is 0 Å². The van der Waals surface area contributed by atoms with Gasteiger partial charge in [0.25, 0.3) is 0 Å². The maximum absolute atomic E-state index is 14.3. The molecule has 2 aromatic carbocycles. The zero-order valence-corrected chi connectivity index (χ0v) is 14.9. The van der Waals surface area contributed by atoms with Crippen LogP contribution in [0.2, 0.25) is 0 Å². The predicted octanol–water partition coefficient (Wildman–Crippen LogP) is 3.49. The molecule has 27 heavy (non-hydrogen) atoms. The number of benzene rings is 2. The summed E-state index contributed by atoms with van der Waals surface area (Å²) < 4.78 is 24.8. The highest BCUT2D eigenvalue weighted by Crippen LogP contribution is 2.36. The Labute approximate surface area is 156 Å². The van der Waals surface area contributed by atoms with Gasteiger partial charge in [0.15, 0.2) is 18.9 Å². The predicted molar refractivity (Wildman–Crippen MR) is 97.3 cm³/mol. The summed E-state index contributed by atoms with van der Waals surface area (Å²) in [4.78, 5) is 25.8. The number of carboxylic acids is 1. The van der Waals surface area contributed by atoms with E-state index in [1.165, 1.54) is 31.4 Å². The quantitative estimate of drug-likeness (QED) is 0.455. The van der Waals surface area contributed by atoms with Crippen LogP contribution in [0, 0.1) is 0 Å². The molecule has 1 N–H and O–H groups in total. The topological polar surface area (TPSA) is 76.1 Å². The first-order valence-corrected chi connectivity index (χ1v) is 8.56. The highest BCUT2D eigenvalue weighted by molar-refractivity contribution is 6.14. The summed E-state index contributed by atoms with van der Waals surface area (Å²) in [6.45, 7) is 0.452. The molecule has 2 aromatic rings. The zero-order valence-electron chi connectivity index (χ0n) is 14.9. The average molecular weight is 373 g/mol. The van der Waals surface area contributed by atoms with Crippen molar-refractivity contribution in [2.24, 2.45) is 0 Å². The third-order valence-electron chi connectivity index (χ3n) is 4.45. The van der Waals surface area contributed by atoms with E-state index >= 15 is 0 Å². The van der Waals surface area contributed by atoms with E-state index in [1.54, 1.807) is 23.1 Å². The number of methoxy groups -OCH3 is 1. The number of hydrogen-bond acceptors (Lipinski definition) is 5. The monoisotopic (exact) mass is 373 g/mol. The Balaban J connectivity index is 2.04. The van der Waals surface area contributed by atoms with Gasteiger partial charge in [-0.3, -0.25) is 4.79 Å². The molecule has 1 fully saturated rings. The van der Waals surface area contributed by atoms with Gasteiger partial charge in [0.2, 0.25) is 0 Å². The van der Waals surface area contributed by atoms with E-state index in [1.807, 2.05) is 0 Å². The molecular formula is C20H20FNO5. The highest BCUT2D eigenvalue weighted by atomic mass is 19.1. The molecule has 1 atom stereocenters. The van der Waals surface area contributed by atoms with E-state index in [2.05, 4.69) is 0 Å². The van der Waals surface area contributed by atoms with E-state index in [-0.39, 0.29) is 23.7 Å². The number of carboxylic acid groups (broad SMARTS) is 1. The lowest BCUT2D eigenvalue weighted by Gasteiger charge is -2.25. The minimum Gasteiger partial charge on any atom is -0.478 e. The van der Waals surface area contributed by atoms with Crippen LogP contribution in [0.15, 0.2) is 42.5 Å². The SMILES string of the molecule is COCOc1cccc(N2CCCC2F)c1C(=O)c1ccc(C(=O)O)cc1. The Morgan fingerprint density at radius 3 is 2.48 bits per heavy atom. The first-order chi connectivity index (χ1) is 13.0. The normalized spacial score (nSPS) is 16.4. The lowest BCUT2D eigenvalue weighted by molar-refractivity contribution is 0.0503. The molecule has 0 spiro atoms. The Hall–Kier alpha value is -2.93. The molecular weight excluding hydrogens is 353 g/mol. The van der Waals surface area contributed by atoms with Gasteiger partial charge in [-0.2, -0.15) is 0 Å². The summed E-state index contributed by atoms with van der Waals surface area (Å²) in [5.74, 6) is -1.15. The van der Waals surface area contributed by atoms with Gasteiger partial charge in [-0.05, 0) is 37.1 Å². The molecule has 0 saturated carbocycles. The van der Waals surface area contributed by atoms with Crippen LogP contribution >= 0.6 is 0 Å². The van der Waals surface area contributed by atoms with Crippen LogP contribution in [-0.2, 0) is 4.74 Å². The van der Waals surface area contributed by atoms with E-state index in [4.69, 9.17) is 14.6 Å². The van der Waals surface area contributed by atoms with Gasteiger partial charge in [-0.1, -0.05) is 18.2 Å². The van der Waals surface area contributed by atoms with Crippen molar-refractivity contribution in [3.05, 3.63) is 59.2 Å². The fraction of sp³-hybridized carbons (Fsp3) is 0.300. The van der Waals surface area contributed by atoms with Gasteiger partial charge in [0.1, 0.15) is 5.75 Å². The molecule has 3 rings (SSSR count). The minimum absolute atomic E-state index is 0.0548. The number of carbonyl (C=O) groups is 2. The van der Waals surface area contributed by atoms with Gasteiger partial charge < -0.3 is 19.5 Å². The number of halogens is 1. The van der Waals surface area contributed by atoms with Crippen molar-refractivity contribution >= 4 is 17.4 Å². The Bertz CT molecular complexity index is 837. The summed E-state index contributed by atoms with van der Waals surface area (Å²) >= 11 is 0. The largest absolute Gasteiger partial charge is 0.478 e. The van der Waals surface area contributed by atoms with E-state index in [0.717, 1.165) is 0 Å². The first kappa shape index (κ1) is 18.8. The van der Waals surface area contributed by atoms with Gasteiger partial charge >= 0.3 is 5.97 Å². The Morgan fingerprint density at radius 2 is 1.89 bits per heavy atom. The zero-order chi connectivity index (χ0) is 19.4. The summed E-state index contributed by atoms with van der Waals surface area (Å²) in [5.41, 5.74) is 1.08. The summed E-state index contributed by atoms with van der Waals surface area (Å²) in [6.07, 6.45) is -0.0568. The van der Waals surface area contributed by atoms with Crippen LogP contribution in [0.3, 0.4) is 0 Å². The maximum Gasteiger partial charge on any atom is 0.335 e. The standard InChI is InChI=1S/C20H20FNO5/c1-26-12-27-16-5-2-4-15(22-11-3-6-17(22)21)18(16)19(23)13-7-9-14(10-8-13)20(24)25/h2,4-5,7-10,17H,3,6,11-12H2,1H3,(H,24,25). The molecule has 0 aromatic heterocycles. The van der Waals surface area contributed by atoms with Crippen molar-refractivity contribution in [2.45, 2.75) is 19.1 Å².